The van der Waals surface area contributed by atoms with Gasteiger partial charge in [-0.15, -0.1) is 0 Å². The van der Waals surface area contributed by atoms with Gasteiger partial charge in [-0.1, -0.05) is 24.3 Å². The lowest BCUT2D eigenvalue weighted by atomic mass is 10.2. The van der Waals surface area contributed by atoms with Gasteiger partial charge in [-0.25, -0.2) is 21.2 Å². The number of carbonyl (C=O) groups excluding carboxylic acids is 1. The van der Waals surface area contributed by atoms with E-state index >= 15 is 0 Å². The number of benzene rings is 2. The maximum absolute atomic E-state index is 13.9. The van der Waals surface area contributed by atoms with E-state index in [9.17, 15) is 26.0 Å². The monoisotopic (exact) mass is 443 g/mol. The van der Waals surface area contributed by atoms with Crippen molar-refractivity contribution < 1.29 is 26.0 Å². The molecule has 1 amide bonds. The molecule has 0 heterocycles. The molecule has 0 unspecified atom stereocenters. The van der Waals surface area contributed by atoms with E-state index in [1.54, 1.807) is 24.3 Å². The summed E-state index contributed by atoms with van der Waals surface area (Å²) in [6.07, 6.45) is 1.98. The number of rotatable bonds is 8. The lowest BCUT2D eigenvalue weighted by Crippen LogP contribution is -2.37. The van der Waals surface area contributed by atoms with Crippen LogP contribution < -0.4 is 9.62 Å². The summed E-state index contributed by atoms with van der Waals surface area (Å²) < 4.78 is 63.2. The molecule has 0 saturated carbocycles. The number of anilines is 2. The van der Waals surface area contributed by atoms with Crippen LogP contribution in [0.2, 0.25) is 0 Å². The maximum Gasteiger partial charge on any atom is 0.239 e. The average Bonchev–Trinajstić information content (AvgIpc) is 2.61. The minimum atomic E-state index is -3.79. The minimum absolute atomic E-state index is 0.141. The van der Waals surface area contributed by atoms with Crippen LogP contribution in [0, 0.1) is 5.82 Å². The lowest BCUT2D eigenvalue weighted by molar-refractivity contribution is -0.116. The Labute approximate surface area is 170 Å². The number of nitrogens with zero attached hydrogens (tertiary/aromatic N) is 2. The van der Waals surface area contributed by atoms with Crippen LogP contribution in [-0.2, 0) is 31.4 Å². The van der Waals surface area contributed by atoms with Crippen molar-refractivity contribution in [2.45, 2.75) is 6.54 Å². The van der Waals surface area contributed by atoms with Gasteiger partial charge in [0.15, 0.2) is 0 Å². The van der Waals surface area contributed by atoms with E-state index < -0.39 is 38.3 Å². The van der Waals surface area contributed by atoms with Gasteiger partial charge in [-0.2, -0.15) is 4.31 Å². The van der Waals surface area contributed by atoms with E-state index in [4.69, 9.17) is 0 Å². The summed E-state index contributed by atoms with van der Waals surface area (Å²) in [4.78, 5) is 12.4. The Morgan fingerprint density at radius 1 is 1.00 bits per heavy atom. The van der Waals surface area contributed by atoms with Crippen LogP contribution in [0.3, 0.4) is 0 Å². The van der Waals surface area contributed by atoms with Gasteiger partial charge < -0.3 is 5.32 Å². The number of hydrogen-bond acceptors (Lipinski definition) is 5. The lowest BCUT2D eigenvalue weighted by Gasteiger charge is -2.20. The zero-order valence-corrected chi connectivity index (χ0v) is 17.8. The van der Waals surface area contributed by atoms with Crippen molar-refractivity contribution in [3.8, 4) is 0 Å². The quantitative estimate of drug-likeness (QED) is 0.668. The van der Waals surface area contributed by atoms with Crippen molar-refractivity contribution in [3.05, 3.63) is 59.9 Å². The summed E-state index contributed by atoms with van der Waals surface area (Å²) in [6.45, 7) is -0.824. The Morgan fingerprint density at radius 3 is 2.24 bits per heavy atom. The molecule has 29 heavy (non-hydrogen) atoms. The SMILES string of the molecule is CN(c1cccc(NC(=O)CN(Cc2ccccc2F)S(C)(=O)=O)c1)S(C)(=O)=O. The normalized spacial score (nSPS) is 12.0. The first-order valence-electron chi connectivity index (χ1n) is 8.40. The number of halogens is 1. The number of amides is 1. The molecule has 0 aliphatic rings. The first-order chi connectivity index (χ1) is 13.4. The number of sulfonamides is 2. The highest BCUT2D eigenvalue weighted by molar-refractivity contribution is 7.92. The summed E-state index contributed by atoms with van der Waals surface area (Å²) in [5.41, 5.74) is 0.765. The molecule has 2 aromatic carbocycles. The maximum atomic E-state index is 13.9. The number of carbonyl (C=O) groups is 1. The van der Waals surface area contributed by atoms with Crippen LogP contribution in [-0.4, -0.2) is 53.2 Å². The molecule has 0 spiro atoms. The molecule has 2 rings (SSSR count). The smallest absolute Gasteiger partial charge is 0.239 e. The fourth-order valence-electron chi connectivity index (χ4n) is 2.44. The van der Waals surface area contributed by atoms with Crippen LogP contribution in [0.5, 0.6) is 0 Å². The Bertz CT molecular complexity index is 1100. The molecule has 0 aliphatic carbocycles. The van der Waals surface area contributed by atoms with Gasteiger partial charge >= 0.3 is 0 Å². The molecular weight excluding hydrogens is 421 g/mol. The van der Waals surface area contributed by atoms with Gasteiger partial charge in [0.05, 0.1) is 24.7 Å². The number of hydrogen-bond donors (Lipinski definition) is 1. The molecule has 1 N–H and O–H groups in total. The van der Waals surface area contributed by atoms with E-state index in [1.807, 2.05) is 0 Å². The molecule has 11 heteroatoms. The Hall–Kier alpha value is -2.50. The van der Waals surface area contributed by atoms with E-state index in [0.717, 1.165) is 21.1 Å². The van der Waals surface area contributed by atoms with Crippen LogP contribution >= 0.6 is 0 Å². The largest absolute Gasteiger partial charge is 0.325 e. The average molecular weight is 444 g/mol. The van der Waals surface area contributed by atoms with Gasteiger partial charge in [0.25, 0.3) is 0 Å². The predicted octanol–water partition coefficient (Wildman–Crippen LogP) is 1.62. The highest BCUT2D eigenvalue weighted by Gasteiger charge is 2.22. The fraction of sp³-hybridized carbons (Fsp3) is 0.278. The summed E-state index contributed by atoms with van der Waals surface area (Å²) in [5, 5.41) is 2.53. The molecule has 2 aromatic rings. The van der Waals surface area contributed by atoms with E-state index in [-0.39, 0.29) is 12.1 Å². The summed E-state index contributed by atoms with van der Waals surface area (Å²) in [6, 6.07) is 11.8. The molecule has 0 bridgehead atoms. The van der Waals surface area contributed by atoms with Crippen molar-refractivity contribution in [2.75, 3.05) is 35.7 Å². The van der Waals surface area contributed by atoms with Gasteiger partial charge in [-0.3, -0.25) is 9.10 Å². The molecule has 8 nitrogen and oxygen atoms in total. The van der Waals surface area contributed by atoms with Crippen molar-refractivity contribution in [1.82, 2.24) is 4.31 Å². The van der Waals surface area contributed by atoms with Gasteiger partial charge in [0.1, 0.15) is 5.82 Å². The van der Waals surface area contributed by atoms with Crippen molar-refractivity contribution >= 4 is 37.3 Å². The summed E-state index contributed by atoms with van der Waals surface area (Å²) in [5.74, 6) is -1.22. The third-order valence-corrected chi connectivity index (χ3v) is 6.49. The first kappa shape index (κ1) is 22.8. The van der Waals surface area contributed by atoms with E-state index in [2.05, 4.69) is 5.32 Å². The van der Waals surface area contributed by atoms with Gasteiger partial charge in [0.2, 0.25) is 26.0 Å². The van der Waals surface area contributed by atoms with Crippen LogP contribution in [0.15, 0.2) is 48.5 Å². The van der Waals surface area contributed by atoms with Crippen molar-refractivity contribution in [3.63, 3.8) is 0 Å². The zero-order chi connectivity index (χ0) is 21.8. The molecular formula is C18H22FN3O5S2. The van der Waals surface area contributed by atoms with Gasteiger partial charge in [-0.05, 0) is 24.3 Å². The second-order valence-corrected chi connectivity index (χ2v) is 10.4. The standard InChI is InChI=1S/C18H22FN3O5S2/c1-21(28(2,24)25)16-9-6-8-15(11-16)20-18(23)13-22(29(3,26)27)12-14-7-4-5-10-17(14)19/h4-11H,12-13H2,1-3H3,(H,20,23). The van der Waals surface area contributed by atoms with E-state index in [0.29, 0.717) is 11.4 Å². The topological polar surface area (TPSA) is 104 Å². The predicted molar refractivity (Wildman–Crippen MR) is 110 cm³/mol. The second-order valence-electron chi connectivity index (χ2n) is 6.45. The third kappa shape index (κ3) is 6.51. The molecule has 0 aromatic heterocycles. The third-order valence-electron chi connectivity index (χ3n) is 4.08. The second kappa shape index (κ2) is 8.89. The highest BCUT2D eigenvalue weighted by Crippen LogP contribution is 2.20. The van der Waals surface area contributed by atoms with Crippen LogP contribution in [0.1, 0.15) is 5.56 Å². The van der Waals surface area contributed by atoms with Crippen LogP contribution in [0.4, 0.5) is 15.8 Å². The summed E-state index contributed by atoms with van der Waals surface area (Å²) >= 11 is 0. The molecule has 0 aliphatic heterocycles. The van der Waals surface area contributed by atoms with Crippen molar-refractivity contribution in [2.24, 2.45) is 0 Å². The highest BCUT2D eigenvalue weighted by atomic mass is 32.2. The minimum Gasteiger partial charge on any atom is -0.325 e. The Balaban J connectivity index is 2.16. The summed E-state index contributed by atoms with van der Waals surface area (Å²) in [7, 11) is -5.90. The Kier molecular flexibility index (Phi) is 6.98. The van der Waals surface area contributed by atoms with Crippen molar-refractivity contribution in [1.29, 1.82) is 0 Å². The van der Waals surface area contributed by atoms with Gasteiger partial charge in [0, 0.05) is 24.8 Å². The molecule has 158 valence electrons. The van der Waals surface area contributed by atoms with Crippen LogP contribution in [0.25, 0.3) is 0 Å². The molecule has 0 saturated heterocycles. The Morgan fingerprint density at radius 2 is 1.66 bits per heavy atom. The fourth-order valence-corrected chi connectivity index (χ4v) is 3.66. The first-order valence-corrected chi connectivity index (χ1v) is 12.1. The van der Waals surface area contributed by atoms with E-state index in [1.165, 1.54) is 31.3 Å². The number of nitrogens with one attached hydrogen (secondary N) is 1. The zero-order valence-electron chi connectivity index (χ0n) is 16.2. The molecule has 0 radical (unpaired) electrons. The molecule has 0 atom stereocenters. The molecule has 0 fully saturated rings.